The van der Waals surface area contributed by atoms with Crippen molar-refractivity contribution >= 4 is 5.97 Å². The van der Waals surface area contributed by atoms with Gasteiger partial charge in [0.15, 0.2) is 11.4 Å². The fraction of sp³-hybridized carbons (Fsp3) is 0.190. The van der Waals surface area contributed by atoms with E-state index in [1.165, 1.54) is 7.11 Å². The molecule has 0 saturated carbocycles. The average Bonchev–Trinajstić information content (AvgIpc) is 2.72. The first kappa shape index (κ1) is 18.5. The lowest BCUT2D eigenvalue weighted by atomic mass is 9.88. The Balaban J connectivity index is 2.02. The predicted molar refractivity (Wildman–Crippen MR) is 100 cm³/mol. The summed E-state index contributed by atoms with van der Waals surface area (Å²) < 4.78 is 10.9. The summed E-state index contributed by atoms with van der Waals surface area (Å²) in [7, 11) is 2.97. The fourth-order valence-electron chi connectivity index (χ4n) is 2.99. The minimum Gasteiger partial charge on any atom is -0.496 e. The van der Waals surface area contributed by atoms with Crippen molar-refractivity contribution in [1.82, 2.24) is 9.97 Å². The lowest BCUT2D eigenvalue weighted by Gasteiger charge is -2.28. The van der Waals surface area contributed by atoms with Crippen molar-refractivity contribution < 1.29 is 19.4 Å². The zero-order valence-electron chi connectivity index (χ0n) is 15.1. The maximum absolute atomic E-state index is 12.1. The highest BCUT2D eigenvalue weighted by Gasteiger charge is 2.41. The van der Waals surface area contributed by atoms with Gasteiger partial charge in [0.2, 0.25) is 0 Å². The summed E-state index contributed by atoms with van der Waals surface area (Å²) in [6, 6.07) is 18.0. The average molecular weight is 364 g/mol. The second-order valence-electron chi connectivity index (χ2n) is 5.95. The molecule has 138 valence electrons. The van der Waals surface area contributed by atoms with E-state index in [-0.39, 0.29) is 6.42 Å². The Kier molecular flexibility index (Phi) is 5.47. The summed E-state index contributed by atoms with van der Waals surface area (Å²) in [6.07, 6.45) is 1.67. The molecule has 3 aromatic rings. The van der Waals surface area contributed by atoms with E-state index in [4.69, 9.17) is 9.47 Å². The highest BCUT2D eigenvalue weighted by atomic mass is 16.5. The van der Waals surface area contributed by atoms with E-state index in [0.29, 0.717) is 22.8 Å². The van der Waals surface area contributed by atoms with E-state index in [9.17, 15) is 9.90 Å². The van der Waals surface area contributed by atoms with Crippen molar-refractivity contribution in [2.24, 2.45) is 0 Å². The Morgan fingerprint density at radius 2 is 1.74 bits per heavy atom. The first-order chi connectivity index (χ1) is 13.1. The lowest BCUT2D eigenvalue weighted by molar-refractivity contribution is -0.163. The van der Waals surface area contributed by atoms with Gasteiger partial charge in [-0.2, -0.15) is 0 Å². The van der Waals surface area contributed by atoms with E-state index in [2.05, 4.69) is 9.97 Å². The largest absolute Gasteiger partial charge is 0.496 e. The molecule has 0 spiro atoms. The molecule has 0 aliphatic heterocycles. The minimum absolute atomic E-state index is 0.0630. The van der Waals surface area contributed by atoms with Crippen LogP contribution in [-0.4, -0.2) is 35.3 Å². The maximum atomic E-state index is 12.1. The zero-order valence-corrected chi connectivity index (χ0v) is 15.1. The number of ether oxygens (including phenoxy) is 2. The van der Waals surface area contributed by atoms with Crippen molar-refractivity contribution in [2.45, 2.75) is 12.0 Å². The summed E-state index contributed by atoms with van der Waals surface area (Å²) in [4.78, 5) is 21.0. The second kappa shape index (κ2) is 7.97. The van der Waals surface area contributed by atoms with Gasteiger partial charge in [0.25, 0.3) is 0 Å². The number of nitrogens with zero attached hydrogens (tertiary/aromatic N) is 2. The molecular weight excluding hydrogens is 344 g/mol. The van der Waals surface area contributed by atoms with Crippen molar-refractivity contribution in [3.05, 3.63) is 78.1 Å². The van der Waals surface area contributed by atoms with Gasteiger partial charge in [-0.15, -0.1) is 0 Å². The zero-order chi connectivity index (χ0) is 19.3. The third-order valence-electron chi connectivity index (χ3n) is 4.43. The molecule has 0 bridgehead atoms. The van der Waals surface area contributed by atoms with Crippen LogP contribution in [0, 0.1) is 0 Å². The molecule has 27 heavy (non-hydrogen) atoms. The predicted octanol–water partition coefficient (Wildman–Crippen LogP) is 3.32. The molecule has 1 heterocycles. The Morgan fingerprint density at radius 1 is 1.04 bits per heavy atom. The van der Waals surface area contributed by atoms with Crippen LogP contribution in [0.25, 0.3) is 11.4 Å². The Hall–Kier alpha value is -3.25. The minimum atomic E-state index is -1.53. The van der Waals surface area contributed by atoms with Gasteiger partial charge >= 0.3 is 5.97 Å². The van der Waals surface area contributed by atoms with Crippen LogP contribution < -0.4 is 4.74 Å². The summed E-state index contributed by atoms with van der Waals surface area (Å²) in [5.41, 5.74) is 0.310. The molecule has 0 saturated heterocycles. The molecule has 0 aliphatic carbocycles. The van der Waals surface area contributed by atoms with E-state index in [1.54, 1.807) is 43.6 Å². The van der Waals surface area contributed by atoms with Crippen molar-refractivity contribution in [2.75, 3.05) is 14.2 Å². The summed E-state index contributed by atoms with van der Waals surface area (Å²) >= 11 is 0. The van der Waals surface area contributed by atoms with Crippen LogP contribution in [0.3, 0.4) is 0 Å². The summed E-state index contributed by atoms with van der Waals surface area (Å²) in [6.45, 7) is 0. The first-order valence-corrected chi connectivity index (χ1v) is 8.40. The van der Waals surface area contributed by atoms with Gasteiger partial charge in [0.05, 0.1) is 12.7 Å². The summed E-state index contributed by atoms with van der Waals surface area (Å²) in [5, 5.41) is 9.92. The molecule has 6 heteroatoms. The number of carboxylic acids is 1. The van der Waals surface area contributed by atoms with E-state index in [0.717, 1.165) is 5.56 Å². The van der Waals surface area contributed by atoms with Gasteiger partial charge in [-0.1, -0.05) is 42.5 Å². The molecule has 1 aromatic heterocycles. The SMILES string of the molecule is COc1ccccc1-c1nccc(CC(OC)(C(=O)O)c2ccccc2)n1. The molecule has 0 amide bonds. The first-order valence-electron chi connectivity index (χ1n) is 8.40. The third kappa shape index (κ3) is 3.66. The molecule has 2 aromatic carbocycles. The molecule has 3 rings (SSSR count). The van der Waals surface area contributed by atoms with Crippen LogP contribution >= 0.6 is 0 Å². The number of aromatic nitrogens is 2. The van der Waals surface area contributed by atoms with Gasteiger partial charge in [-0.3, -0.25) is 0 Å². The van der Waals surface area contributed by atoms with Crippen LogP contribution in [0.1, 0.15) is 11.3 Å². The van der Waals surface area contributed by atoms with Gasteiger partial charge in [-0.05, 0) is 23.8 Å². The third-order valence-corrected chi connectivity index (χ3v) is 4.43. The monoisotopic (exact) mass is 364 g/mol. The Labute approximate surface area is 157 Å². The number of aliphatic carboxylic acids is 1. The molecule has 6 nitrogen and oxygen atoms in total. The standard InChI is InChI=1S/C21H20N2O4/c1-26-18-11-7-6-10-17(18)19-22-13-12-16(23-19)14-21(27-2,20(24)25)15-8-4-3-5-9-15/h3-13H,14H2,1-2H3,(H,24,25). The molecule has 0 radical (unpaired) electrons. The number of carbonyl (C=O) groups is 1. The van der Waals surface area contributed by atoms with Crippen LogP contribution in [0.4, 0.5) is 0 Å². The van der Waals surface area contributed by atoms with Gasteiger partial charge in [-0.25, -0.2) is 14.8 Å². The second-order valence-corrected chi connectivity index (χ2v) is 5.95. The van der Waals surface area contributed by atoms with E-state index < -0.39 is 11.6 Å². The number of benzene rings is 2. The smallest absolute Gasteiger partial charge is 0.341 e. The van der Waals surface area contributed by atoms with Gasteiger partial charge in [0, 0.05) is 25.4 Å². The number of rotatable bonds is 7. The highest BCUT2D eigenvalue weighted by molar-refractivity contribution is 5.80. The van der Waals surface area contributed by atoms with Crippen molar-refractivity contribution in [1.29, 1.82) is 0 Å². The molecule has 1 N–H and O–H groups in total. The normalized spacial score (nSPS) is 13.0. The molecule has 0 aliphatic rings. The Morgan fingerprint density at radius 3 is 2.41 bits per heavy atom. The number of methoxy groups -OCH3 is 2. The highest BCUT2D eigenvalue weighted by Crippen LogP contribution is 2.31. The maximum Gasteiger partial charge on any atom is 0.341 e. The quantitative estimate of drug-likeness (QED) is 0.693. The van der Waals surface area contributed by atoms with Crippen LogP contribution in [0.5, 0.6) is 5.75 Å². The van der Waals surface area contributed by atoms with Crippen LogP contribution in [-0.2, 0) is 21.6 Å². The fourth-order valence-corrected chi connectivity index (χ4v) is 2.99. The molecule has 0 fully saturated rings. The summed E-state index contributed by atoms with van der Waals surface area (Å²) in [5.74, 6) is 0.0380. The lowest BCUT2D eigenvalue weighted by Crippen LogP contribution is -2.40. The topological polar surface area (TPSA) is 81.5 Å². The number of hydrogen-bond donors (Lipinski definition) is 1. The molecule has 1 unspecified atom stereocenters. The van der Waals surface area contributed by atoms with Crippen LogP contribution in [0.2, 0.25) is 0 Å². The number of carboxylic acid groups (broad SMARTS) is 1. The van der Waals surface area contributed by atoms with Crippen LogP contribution in [0.15, 0.2) is 66.9 Å². The van der Waals surface area contributed by atoms with Gasteiger partial charge < -0.3 is 14.6 Å². The molecule has 1 atom stereocenters. The van der Waals surface area contributed by atoms with Gasteiger partial charge in [0.1, 0.15) is 5.75 Å². The Bertz CT molecular complexity index is 930. The van der Waals surface area contributed by atoms with Crippen molar-refractivity contribution in [3.63, 3.8) is 0 Å². The molecular formula is C21H20N2O4. The van der Waals surface area contributed by atoms with E-state index >= 15 is 0 Å². The number of para-hydroxylation sites is 1. The van der Waals surface area contributed by atoms with E-state index in [1.807, 2.05) is 30.3 Å². The number of hydrogen-bond acceptors (Lipinski definition) is 5. The van der Waals surface area contributed by atoms with Crippen molar-refractivity contribution in [3.8, 4) is 17.1 Å².